The summed E-state index contributed by atoms with van der Waals surface area (Å²) in [6.45, 7) is 7.75. The molecule has 0 radical (unpaired) electrons. The Kier molecular flexibility index (Phi) is 4.47. The second kappa shape index (κ2) is 5.88. The van der Waals surface area contributed by atoms with Gasteiger partial charge < -0.3 is 0 Å². The SMILES string of the molecule is Cc1cccc(CN2CCC(C(C)Cl)CC2)c1. The van der Waals surface area contributed by atoms with Gasteiger partial charge in [0.1, 0.15) is 0 Å². The molecule has 1 aliphatic heterocycles. The van der Waals surface area contributed by atoms with Crippen molar-refractivity contribution in [3.05, 3.63) is 35.4 Å². The van der Waals surface area contributed by atoms with E-state index in [1.807, 2.05) is 0 Å². The van der Waals surface area contributed by atoms with Crippen molar-refractivity contribution in [1.82, 2.24) is 4.90 Å². The van der Waals surface area contributed by atoms with E-state index in [1.54, 1.807) is 0 Å². The van der Waals surface area contributed by atoms with Crippen LogP contribution in [0.4, 0.5) is 0 Å². The van der Waals surface area contributed by atoms with Gasteiger partial charge in [0.25, 0.3) is 0 Å². The Balaban J connectivity index is 1.86. The zero-order chi connectivity index (χ0) is 12.3. The molecule has 1 fully saturated rings. The molecule has 1 aliphatic rings. The van der Waals surface area contributed by atoms with Crippen LogP contribution in [0.2, 0.25) is 0 Å². The predicted molar refractivity (Wildman–Crippen MR) is 74.5 cm³/mol. The minimum absolute atomic E-state index is 0.330. The van der Waals surface area contributed by atoms with Gasteiger partial charge in [0.15, 0.2) is 0 Å². The maximum Gasteiger partial charge on any atom is 0.0337 e. The van der Waals surface area contributed by atoms with Gasteiger partial charge in [0.05, 0.1) is 0 Å². The minimum Gasteiger partial charge on any atom is -0.299 e. The van der Waals surface area contributed by atoms with Gasteiger partial charge in [0, 0.05) is 11.9 Å². The summed E-state index contributed by atoms with van der Waals surface area (Å²) in [4.78, 5) is 2.55. The molecule has 1 aromatic carbocycles. The van der Waals surface area contributed by atoms with Crippen molar-refractivity contribution in [2.24, 2.45) is 5.92 Å². The maximum absolute atomic E-state index is 6.17. The third-order valence-corrected chi connectivity index (χ3v) is 4.13. The topological polar surface area (TPSA) is 3.24 Å². The molecule has 0 spiro atoms. The molecule has 0 bridgehead atoms. The number of rotatable bonds is 3. The molecule has 1 heterocycles. The molecule has 1 atom stereocenters. The number of halogens is 1. The summed E-state index contributed by atoms with van der Waals surface area (Å²) in [5, 5.41) is 0.330. The first-order valence-electron chi connectivity index (χ1n) is 6.57. The zero-order valence-corrected chi connectivity index (χ0v) is 11.6. The van der Waals surface area contributed by atoms with Crippen LogP contribution in [-0.4, -0.2) is 23.4 Å². The Labute approximate surface area is 110 Å². The lowest BCUT2D eigenvalue weighted by Gasteiger charge is -2.33. The molecule has 0 aliphatic carbocycles. The van der Waals surface area contributed by atoms with E-state index >= 15 is 0 Å². The normalized spacial score (nSPS) is 20.4. The zero-order valence-electron chi connectivity index (χ0n) is 10.8. The van der Waals surface area contributed by atoms with Crippen LogP contribution in [0.15, 0.2) is 24.3 Å². The average molecular weight is 252 g/mol. The number of alkyl halides is 1. The largest absolute Gasteiger partial charge is 0.299 e. The first kappa shape index (κ1) is 12.9. The Morgan fingerprint density at radius 2 is 2.06 bits per heavy atom. The molecule has 94 valence electrons. The van der Waals surface area contributed by atoms with Gasteiger partial charge >= 0.3 is 0 Å². The number of hydrogen-bond donors (Lipinski definition) is 0. The lowest BCUT2D eigenvalue weighted by atomic mass is 9.94. The van der Waals surface area contributed by atoms with E-state index in [-0.39, 0.29) is 0 Å². The molecule has 0 aromatic heterocycles. The second-order valence-corrected chi connectivity index (χ2v) is 5.97. The summed E-state index contributed by atoms with van der Waals surface area (Å²) < 4.78 is 0. The standard InChI is InChI=1S/C15H22ClN/c1-12-4-3-5-14(10-12)11-17-8-6-15(7-9-17)13(2)16/h3-5,10,13,15H,6-9,11H2,1-2H3. The number of benzene rings is 1. The van der Waals surface area contributed by atoms with Crippen molar-refractivity contribution >= 4 is 11.6 Å². The molecule has 0 saturated carbocycles. The number of aryl methyl sites for hydroxylation is 1. The van der Waals surface area contributed by atoms with Crippen molar-refractivity contribution in [2.45, 2.75) is 38.6 Å². The van der Waals surface area contributed by atoms with Crippen LogP contribution in [0.1, 0.15) is 30.9 Å². The summed E-state index contributed by atoms with van der Waals surface area (Å²) in [6.07, 6.45) is 2.49. The van der Waals surface area contributed by atoms with Crippen LogP contribution < -0.4 is 0 Å². The third-order valence-electron chi connectivity index (χ3n) is 3.77. The summed E-state index contributed by atoms with van der Waals surface area (Å²) in [5.74, 6) is 0.713. The van der Waals surface area contributed by atoms with E-state index in [9.17, 15) is 0 Å². The van der Waals surface area contributed by atoms with Gasteiger partial charge in [-0.1, -0.05) is 29.8 Å². The van der Waals surface area contributed by atoms with Crippen molar-refractivity contribution in [1.29, 1.82) is 0 Å². The number of likely N-dealkylation sites (tertiary alicyclic amines) is 1. The van der Waals surface area contributed by atoms with Crippen LogP contribution in [0, 0.1) is 12.8 Å². The van der Waals surface area contributed by atoms with Gasteiger partial charge in [-0.3, -0.25) is 4.90 Å². The van der Waals surface area contributed by atoms with E-state index in [0.717, 1.165) is 6.54 Å². The van der Waals surface area contributed by atoms with Crippen LogP contribution in [0.3, 0.4) is 0 Å². The Bertz CT molecular complexity index is 354. The van der Waals surface area contributed by atoms with E-state index in [4.69, 9.17) is 11.6 Å². The summed E-state index contributed by atoms with van der Waals surface area (Å²) in [7, 11) is 0. The number of piperidine rings is 1. The molecule has 0 N–H and O–H groups in total. The molecule has 2 rings (SSSR count). The maximum atomic E-state index is 6.17. The summed E-state index contributed by atoms with van der Waals surface area (Å²) in [6, 6.07) is 8.82. The molecule has 17 heavy (non-hydrogen) atoms. The van der Waals surface area contributed by atoms with Crippen molar-refractivity contribution in [3.8, 4) is 0 Å². The highest BCUT2D eigenvalue weighted by Crippen LogP contribution is 2.24. The van der Waals surface area contributed by atoms with E-state index in [1.165, 1.54) is 37.1 Å². The molecule has 2 heteroatoms. The lowest BCUT2D eigenvalue weighted by molar-refractivity contribution is 0.176. The van der Waals surface area contributed by atoms with Crippen LogP contribution in [0.25, 0.3) is 0 Å². The van der Waals surface area contributed by atoms with Gasteiger partial charge in [0.2, 0.25) is 0 Å². The first-order valence-corrected chi connectivity index (χ1v) is 7.01. The van der Waals surface area contributed by atoms with Crippen LogP contribution in [0.5, 0.6) is 0 Å². The van der Waals surface area contributed by atoms with Crippen LogP contribution >= 0.6 is 11.6 Å². The van der Waals surface area contributed by atoms with Crippen LogP contribution in [-0.2, 0) is 6.54 Å². The van der Waals surface area contributed by atoms with Crippen molar-refractivity contribution < 1.29 is 0 Å². The first-order chi connectivity index (χ1) is 8.15. The Hall–Kier alpha value is -0.530. The molecule has 1 saturated heterocycles. The van der Waals surface area contributed by atoms with Crippen molar-refractivity contribution in [3.63, 3.8) is 0 Å². The molecular formula is C15H22ClN. The molecule has 1 nitrogen and oxygen atoms in total. The highest BCUT2D eigenvalue weighted by atomic mass is 35.5. The lowest BCUT2D eigenvalue weighted by Crippen LogP contribution is -2.35. The monoisotopic (exact) mass is 251 g/mol. The van der Waals surface area contributed by atoms with E-state index in [0.29, 0.717) is 11.3 Å². The highest BCUT2D eigenvalue weighted by Gasteiger charge is 2.22. The highest BCUT2D eigenvalue weighted by molar-refractivity contribution is 6.20. The molecule has 1 aromatic rings. The fourth-order valence-electron chi connectivity index (χ4n) is 2.64. The Morgan fingerprint density at radius 3 is 2.65 bits per heavy atom. The second-order valence-electron chi connectivity index (χ2n) is 5.28. The molecular weight excluding hydrogens is 230 g/mol. The summed E-state index contributed by atoms with van der Waals surface area (Å²) >= 11 is 6.17. The fourth-order valence-corrected chi connectivity index (χ4v) is 2.89. The van der Waals surface area contributed by atoms with E-state index < -0.39 is 0 Å². The quantitative estimate of drug-likeness (QED) is 0.738. The summed E-state index contributed by atoms with van der Waals surface area (Å²) in [5.41, 5.74) is 2.79. The Morgan fingerprint density at radius 1 is 1.35 bits per heavy atom. The van der Waals surface area contributed by atoms with Gasteiger partial charge in [-0.25, -0.2) is 0 Å². The van der Waals surface area contributed by atoms with Gasteiger partial charge in [-0.2, -0.15) is 0 Å². The van der Waals surface area contributed by atoms with Gasteiger partial charge in [-0.05, 0) is 51.3 Å². The molecule has 1 unspecified atom stereocenters. The van der Waals surface area contributed by atoms with E-state index in [2.05, 4.69) is 43.0 Å². The smallest absolute Gasteiger partial charge is 0.0337 e. The van der Waals surface area contributed by atoms with Gasteiger partial charge in [-0.15, -0.1) is 11.6 Å². The average Bonchev–Trinajstić information content (AvgIpc) is 2.29. The number of hydrogen-bond acceptors (Lipinski definition) is 1. The number of nitrogens with zero attached hydrogens (tertiary/aromatic N) is 1. The fraction of sp³-hybridized carbons (Fsp3) is 0.600. The molecule has 0 amide bonds. The predicted octanol–water partition coefficient (Wildman–Crippen LogP) is 3.83. The third kappa shape index (κ3) is 3.72. The van der Waals surface area contributed by atoms with Crippen molar-refractivity contribution in [2.75, 3.05) is 13.1 Å². The minimum atomic E-state index is 0.330.